The van der Waals surface area contributed by atoms with Gasteiger partial charge in [-0.25, -0.2) is 9.59 Å². The number of fused-ring (bicyclic) bond motifs is 3. The highest BCUT2D eigenvalue weighted by atomic mass is 19.4. The largest absolute Gasteiger partial charge is 0.480 e. The fourth-order valence-electron chi connectivity index (χ4n) is 3.81. The van der Waals surface area contributed by atoms with Crippen LogP contribution < -0.4 is 10.6 Å². The van der Waals surface area contributed by atoms with E-state index < -0.39 is 48.3 Å². The third-order valence-electron chi connectivity index (χ3n) is 5.60. The van der Waals surface area contributed by atoms with Gasteiger partial charge < -0.3 is 25.2 Å². The molecule has 3 rings (SSSR count). The quantitative estimate of drug-likeness (QED) is 0.535. The van der Waals surface area contributed by atoms with Crippen LogP contribution in [0.25, 0.3) is 11.1 Å². The average Bonchev–Trinajstić information content (AvgIpc) is 3.11. The van der Waals surface area contributed by atoms with Gasteiger partial charge >= 0.3 is 18.2 Å². The van der Waals surface area contributed by atoms with Crippen molar-refractivity contribution in [1.82, 2.24) is 10.6 Å². The van der Waals surface area contributed by atoms with Crippen molar-refractivity contribution in [3.8, 4) is 11.1 Å². The summed E-state index contributed by atoms with van der Waals surface area (Å²) in [7, 11) is 1.14. The second kappa shape index (κ2) is 10.1. The Bertz CT molecular complexity index is 1030. The van der Waals surface area contributed by atoms with Gasteiger partial charge in [-0.3, -0.25) is 4.79 Å². The van der Waals surface area contributed by atoms with Crippen LogP contribution in [0, 0.1) is 0 Å². The number of alkyl carbamates (subject to hydrolysis) is 1. The molecule has 0 saturated carbocycles. The number of benzene rings is 2. The number of amides is 2. The highest BCUT2D eigenvalue weighted by molar-refractivity contribution is 5.90. The molecule has 0 bridgehead atoms. The minimum Gasteiger partial charge on any atom is -0.480 e. The molecule has 3 unspecified atom stereocenters. The Balaban J connectivity index is 1.70. The molecule has 8 nitrogen and oxygen atoms in total. The molecule has 0 spiro atoms. The van der Waals surface area contributed by atoms with Crippen molar-refractivity contribution < 1.29 is 42.1 Å². The number of hydrogen-bond donors (Lipinski definition) is 3. The molecule has 3 N–H and O–H groups in total. The van der Waals surface area contributed by atoms with E-state index in [1.54, 1.807) is 5.32 Å². The lowest BCUT2D eigenvalue weighted by Crippen LogP contribution is -2.59. The zero-order valence-electron chi connectivity index (χ0n) is 18.3. The molecule has 0 heterocycles. The molecule has 182 valence electrons. The minimum absolute atomic E-state index is 0.259. The highest BCUT2D eigenvalue weighted by Crippen LogP contribution is 2.44. The van der Waals surface area contributed by atoms with E-state index in [1.807, 2.05) is 48.5 Å². The van der Waals surface area contributed by atoms with E-state index in [9.17, 15) is 27.6 Å². The molecular formula is C23H23F3N2O6. The lowest BCUT2D eigenvalue weighted by molar-refractivity contribution is -0.170. The van der Waals surface area contributed by atoms with Crippen LogP contribution in [0.1, 0.15) is 24.0 Å². The van der Waals surface area contributed by atoms with Gasteiger partial charge in [-0.05, 0) is 29.2 Å². The van der Waals surface area contributed by atoms with Crippen LogP contribution in [0.4, 0.5) is 18.0 Å². The Hall–Kier alpha value is -3.60. The summed E-state index contributed by atoms with van der Waals surface area (Å²) in [4.78, 5) is 35.8. The van der Waals surface area contributed by atoms with E-state index in [1.165, 1.54) is 12.2 Å². The fraction of sp³-hybridized carbons (Fsp3) is 0.348. The van der Waals surface area contributed by atoms with Crippen LogP contribution in [-0.2, 0) is 19.1 Å². The van der Waals surface area contributed by atoms with Gasteiger partial charge in [-0.15, -0.1) is 0 Å². The Morgan fingerprint density at radius 3 is 2.00 bits per heavy atom. The molecule has 11 heteroatoms. The van der Waals surface area contributed by atoms with E-state index in [0.717, 1.165) is 29.4 Å². The summed E-state index contributed by atoms with van der Waals surface area (Å²) >= 11 is 0. The molecule has 1 aliphatic carbocycles. The summed E-state index contributed by atoms with van der Waals surface area (Å²) in [6.45, 7) is 1.01. The molecule has 2 aromatic carbocycles. The van der Waals surface area contributed by atoms with Gasteiger partial charge in [-0.2, -0.15) is 13.2 Å². The number of alkyl halides is 3. The molecule has 0 saturated heterocycles. The number of methoxy groups -OCH3 is 1. The Morgan fingerprint density at radius 1 is 1.00 bits per heavy atom. The lowest BCUT2D eigenvalue weighted by Gasteiger charge is -2.25. The van der Waals surface area contributed by atoms with Crippen LogP contribution in [0.3, 0.4) is 0 Å². The van der Waals surface area contributed by atoms with Crippen molar-refractivity contribution in [2.24, 2.45) is 0 Å². The second-order valence-corrected chi connectivity index (χ2v) is 7.71. The van der Waals surface area contributed by atoms with Gasteiger partial charge in [0.25, 0.3) is 5.91 Å². The first-order chi connectivity index (χ1) is 16.0. The number of carbonyl (C=O) groups excluding carboxylic acids is 2. The van der Waals surface area contributed by atoms with Crippen molar-refractivity contribution in [2.75, 3.05) is 13.7 Å². The number of carbonyl (C=O) groups is 3. The first-order valence-corrected chi connectivity index (χ1v) is 10.3. The SMILES string of the molecule is COC(C)C(NC(=O)C(NC(=O)OCC1c2ccccc2-c2ccccc21)C(F)(F)F)C(=O)O. The smallest absolute Gasteiger partial charge is 0.417 e. The van der Waals surface area contributed by atoms with Gasteiger partial charge in [0.05, 0.1) is 6.10 Å². The molecule has 1 aliphatic rings. The molecular weight excluding hydrogens is 457 g/mol. The summed E-state index contributed by atoms with van der Waals surface area (Å²) in [5.74, 6) is -3.74. The Kier molecular flexibility index (Phi) is 7.45. The van der Waals surface area contributed by atoms with Gasteiger partial charge in [0.15, 0.2) is 6.04 Å². The van der Waals surface area contributed by atoms with Gasteiger partial charge in [-0.1, -0.05) is 48.5 Å². The molecule has 0 radical (unpaired) electrons. The lowest BCUT2D eigenvalue weighted by atomic mass is 9.98. The number of carboxylic acids is 1. The van der Waals surface area contributed by atoms with E-state index in [4.69, 9.17) is 14.6 Å². The Morgan fingerprint density at radius 2 is 1.53 bits per heavy atom. The first kappa shape index (κ1) is 25.0. The molecule has 2 amide bonds. The predicted molar refractivity (Wildman–Crippen MR) is 114 cm³/mol. The normalized spacial score (nSPS) is 15.4. The zero-order valence-corrected chi connectivity index (χ0v) is 18.3. The summed E-state index contributed by atoms with van der Waals surface area (Å²) < 4.78 is 50.3. The number of hydrogen-bond acceptors (Lipinski definition) is 5. The summed E-state index contributed by atoms with van der Waals surface area (Å²) in [5.41, 5.74) is 3.59. The van der Waals surface area contributed by atoms with Crippen molar-refractivity contribution >= 4 is 18.0 Å². The number of aliphatic carboxylic acids is 1. The number of nitrogens with one attached hydrogen (secondary N) is 2. The molecule has 34 heavy (non-hydrogen) atoms. The van der Waals surface area contributed by atoms with Crippen LogP contribution in [0.15, 0.2) is 48.5 Å². The summed E-state index contributed by atoms with van der Waals surface area (Å²) in [5, 5.41) is 12.4. The molecule has 2 aromatic rings. The molecule has 3 atom stereocenters. The number of rotatable bonds is 8. The topological polar surface area (TPSA) is 114 Å². The average molecular weight is 480 g/mol. The Labute approximate surface area is 193 Å². The maximum atomic E-state index is 13.5. The number of halogens is 3. The van der Waals surface area contributed by atoms with E-state index in [-0.39, 0.29) is 6.61 Å². The van der Waals surface area contributed by atoms with Crippen molar-refractivity contribution in [3.63, 3.8) is 0 Å². The zero-order chi connectivity index (χ0) is 25.0. The van der Waals surface area contributed by atoms with Gasteiger partial charge in [0.2, 0.25) is 6.04 Å². The number of ether oxygens (including phenoxy) is 2. The maximum absolute atomic E-state index is 13.5. The van der Waals surface area contributed by atoms with Crippen LogP contribution in [-0.4, -0.2) is 61.2 Å². The van der Waals surface area contributed by atoms with Gasteiger partial charge in [0.1, 0.15) is 6.61 Å². The standard InChI is InChI=1S/C23H23F3N2O6/c1-12(33-2)18(21(30)31)27-20(29)19(23(24,25)26)28-22(32)34-11-17-15-9-5-3-7-13(15)14-8-4-6-10-16(14)17/h3-10,12,17-19H,11H2,1-2H3,(H,27,29)(H,28,32)(H,30,31). The van der Waals surface area contributed by atoms with Crippen LogP contribution >= 0.6 is 0 Å². The van der Waals surface area contributed by atoms with Gasteiger partial charge in [0, 0.05) is 13.0 Å². The van der Waals surface area contributed by atoms with E-state index in [0.29, 0.717) is 0 Å². The predicted octanol–water partition coefficient (Wildman–Crippen LogP) is 3.06. The first-order valence-electron chi connectivity index (χ1n) is 10.3. The molecule has 0 aromatic heterocycles. The van der Waals surface area contributed by atoms with Crippen LogP contribution in [0.2, 0.25) is 0 Å². The summed E-state index contributed by atoms with van der Waals surface area (Å²) in [6.07, 6.45) is -7.79. The maximum Gasteiger partial charge on any atom is 0.417 e. The minimum atomic E-state index is -5.20. The number of carboxylic acid groups (broad SMARTS) is 1. The van der Waals surface area contributed by atoms with Crippen molar-refractivity contribution in [1.29, 1.82) is 0 Å². The monoisotopic (exact) mass is 480 g/mol. The third-order valence-corrected chi connectivity index (χ3v) is 5.60. The highest BCUT2D eigenvalue weighted by Gasteiger charge is 2.47. The molecule has 0 fully saturated rings. The van der Waals surface area contributed by atoms with Crippen LogP contribution in [0.5, 0.6) is 0 Å². The van der Waals surface area contributed by atoms with Crippen molar-refractivity contribution in [3.05, 3.63) is 59.7 Å². The van der Waals surface area contributed by atoms with E-state index >= 15 is 0 Å². The second-order valence-electron chi connectivity index (χ2n) is 7.71. The molecule has 0 aliphatic heterocycles. The summed E-state index contributed by atoms with van der Waals surface area (Å²) in [6, 6.07) is 10.0. The fourth-order valence-corrected chi connectivity index (χ4v) is 3.81. The van der Waals surface area contributed by atoms with Crippen molar-refractivity contribution in [2.45, 2.75) is 37.2 Å². The third kappa shape index (κ3) is 5.30. The van der Waals surface area contributed by atoms with E-state index in [2.05, 4.69) is 0 Å².